The highest BCUT2D eigenvalue weighted by Gasteiger charge is 2.22. The lowest BCUT2D eigenvalue weighted by molar-refractivity contribution is 0.263. The molecule has 2 nitrogen and oxygen atoms in total. The van der Waals surface area contributed by atoms with Crippen LogP contribution in [-0.2, 0) is 11.2 Å². The first-order valence-corrected chi connectivity index (χ1v) is 5.72. The molecule has 1 aromatic rings. The van der Waals surface area contributed by atoms with Crippen molar-refractivity contribution in [3.8, 4) is 5.75 Å². The summed E-state index contributed by atoms with van der Waals surface area (Å²) in [4.78, 5) is 0. The summed E-state index contributed by atoms with van der Waals surface area (Å²) in [6, 6.07) is 8.38. The number of aryl methyl sites for hydroxylation is 1. The Labute approximate surface area is 91.2 Å². The molecule has 0 aliphatic carbocycles. The lowest BCUT2D eigenvalue weighted by Gasteiger charge is -2.06. The molecule has 0 amide bonds. The third-order valence-corrected chi connectivity index (χ3v) is 2.56. The van der Waals surface area contributed by atoms with Crippen LogP contribution in [0.4, 0.5) is 0 Å². The molecular weight excluding hydrogens is 188 g/mol. The summed E-state index contributed by atoms with van der Waals surface area (Å²) in [6.07, 6.45) is 3.97. The number of hydrogen-bond donors (Lipinski definition) is 0. The number of epoxide rings is 1. The van der Waals surface area contributed by atoms with E-state index in [0.29, 0.717) is 12.7 Å². The van der Waals surface area contributed by atoms with Crippen molar-refractivity contribution in [2.45, 2.75) is 32.3 Å². The molecule has 1 heterocycles. The molecule has 2 heteroatoms. The van der Waals surface area contributed by atoms with Crippen molar-refractivity contribution in [3.63, 3.8) is 0 Å². The van der Waals surface area contributed by atoms with Gasteiger partial charge in [-0.15, -0.1) is 0 Å². The molecule has 15 heavy (non-hydrogen) atoms. The second-order valence-electron chi connectivity index (χ2n) is 4.02. The van der Waals surface area contributed by atoms with Crippen LogP contribution in [0.25, 0.3) is 0 Å². The standard InChI is InChI=1S/C13H18O2/c1-2-3-5-11-6-4-7-12(8-11)14-9-13-10-15-13/h4,6-8,13H,2-3,5,9-10H2,1H3. The minimum Gasteiger partial charge on any atom is -0.491 e. The van der Waals surface area contributed by atoms with Gasteiger partial charge in [0, 0.05) is 0 Å². The number of unbranched alkanes of at least 4 members (excludes halogenated alkanes) is 1. The largest absolute Gasteiger partial charge is 0.491 e. The Balaban J connectivity index is 1.85. The SMILES string of the molecule is CCCCc1cccc(OCC2CO2)c1. The fraction of sp³-hybridized carbons (Fsp3) is 0.538. The third-order valence-electron chi connectivity index (χ3n) is 2.56. The van der Waals surface area contributed by atoms with Gasteiger partial charge in [-0.05, 0) is 30.5 Å². The Morgan fingerprint density at radius 1 is 1.47 bits per heavy atom. The molecule has 82 valence electrons. The molecule has 0 spiro atoms. The molecule has 1 aliphatic heterocycles. The van der Waals surface area contributed by atoms with E-state index in [1.54, 1.807) is 0 Å². The lowest BCUT2D eigenvalue weighted by atomic mass is 10.1. The Morgan fingerprint density at radius 3 is 3.07 bits per heavy atom. The molecule has 1 aliphatic rings. The fourth-order valence-corrected chi connectivity index (χ4v) is 1.53. The van der Waals surface area contributed by atoms with Crippen LogP contribution in [0.5, 0.6) is 5.75 Å². The van der Waals surface area contributed by atoms with Gasteiger partial charge < -0.3 is 9.47 Å². The van der Waals surface area contributed by atoms with E-state index in [-0.39, 0.29) is 0 Å². The predicted octanol–water partition coefficient (Wildman–Crippen LogP) is 2.81. The number of rotatable bonds is 6. The number of ether oxygens (including phenoxy) is 2. The maximum absolute atomic E-state index is 5.63. The van der Waals surface area contributed by atoms with Crippen LogP contribution >= 0.6 is 0 Å². The molecule has 2 rings (SSSR count). The van der Waals surface area contributed by atoms with Crippen molar-refractivity contribution in [3.05, 3.63) is 29.8 Å². The van der Waals surface area contributed by atoms with Crippen LogP contribution in [0.2, 0.25) is 0 Å². The van der Waals surface area contributed by atoms with Crippen molar-refractivity contribution in [2.24, 2.45) is 0 Å². The molecule has 0 bridgehead atoms. The Hall–Kier alpha value is -1.02. The van der Waals surface area contributed by atoms with Gasteiger partial charge in [0.2, 0.25) is 0 Å². The number of hydrogen-bond acceptors (Lipinski definition) is 2. The van der Waals surface area contributed by atoms with E-state index in [4.69, 9.17) is 9.47 Å². The fourth-order valence-electron chi connectivity index (χ4n) is 1.53. The summed E-state index contributed by atoms with van der Waals surface area (Å²) in [6.45, 7) is 3.76. The van der Waals surface area contributed by atoms with Crippen molar-refractivity contribution in [2.75, 3.05) is 13.2 Å². The molecule has 0 radical (unpaired) electrons. The summed E-state index contributed by atoms with van der Waals surface area (Å²) >= 11 is 0. The zero-order chi connectivity index (χ0) is 10.5. The highest BCUT2D eigenvalue weighted by Crippen LogP contribution is 2.17. The van der Waals surface area contributed by atoms with Gasteiger partial charge in [-0.25, -0.2) is 0 Å². The van der Waals surface area contributed by atoms with Gasteiger partial charge in [-0.1, -0.05) is 25.5 Å². The van der Waals surface area contributed by atoms with Gasteiger partial charge in [0.05, 0.1) is 6.61 Å². The Morgan fingerprint density at radius 2 is 2.33 bits per heavy atom. The molecule has 1 aromatic carbocycles. The monoisotopic (exact) mass is 206 g/mol. The molecule has 1 saturated heterocycles. The molecule has 0 N–H and O–H groups in total. The molecule has 1 atom stereocenters. The molecule has 1 unspecified atom stereocenters. The van der Waals surface area contributed by atoms with E-state index >= 15 is 0 Å². The van der Waals surface area contributed by atoms with Gasteiger partial charge in [0.25, 0.3) is 0 Å². The van der Waals surface area contributed by atoms with Gasteiger partial charge >= 0.3 is 0 Å². The molecule has 0 aromatic heterocycles. The maximum atomic E-state index is 5.63. The highest BCUT2D eigenvalue weighted by atomic mass is 16.6. The quantitative estimate of drug-likeness (QED) is 0.667. The Kier molecular flexibility index (Phi) is 3.62. The van der Waals surface area contributed by atoms with E-state index in [1.807, 2.05) is 6.07 Å². The van der Waals surface area contributed by atoms with Gasteiger partial charge in [0.1, 0.15) is 18.5 Å². The predicted molar refractivity (Wildman–Crippen MR) is 60.3 cm³/mol. The zero-order valence-electron chi connectivity index (χ0n) is 9.24. The first kappa shape index (κ1) is 10.5. The van der Waals surface area contributed by atoms with E-state index in [0.717, 1.165) is 18.8 Å². The summed E-state index contributed by atoms with van der Waals surface area (Å²) in [5, 5.41) is 0. The topological polar surface area (TPSA) is 21.8 Å². The van der Waals surface area contributed by atoms with Crippen LogP contribution in [0, 0.1) is 0 Å². The van der Waals surface area contributed by atoms with Crippen LogP contribution < -0.4 is 4.74 Å². The van der Waals surface area contributed by atoms with Crippen molar-refractivity contribution in [1.29, 1.82) is 0 Å². The minimum atomic E-state index is 0.337. The second kappa shape index (κ2) is 5.17. The first-order chi connectivity index (χ1) is 7.38. The molecule has 1 fully saturated rings. The van der Waals surface area contributed by atoms with E-state index < -0.39 is 0 Å². The first-order valence-electron chi connectivity index (χ1n) is 5.72. The van der Waals surface area contributed by atoms with Crippen molar-refractivity contribution < 1.29 is 9.47 Å². The Bertz CT molecular complexity index is 305. The zero-order valence-corrected chi connectivity index (χ0v) is 9.24. The normalized spacial score (nSPS) is 18.9. The van der Waals surface area contributed by atoms with E-state index in [2.05, 4.69) is 25.1 Å². The molecule has 0 saturated carbocycles. The maximum Gasteiger partial charge on any atom is 0.119 e. The van der Waals surface area contributed by atoms with Crippen LogP contribution in [-0.4, -0.2) is 19.3 Å². The van der Waals surface area contributed by atoms with Gasteiger partial charge in [-0.3, -0.25) is 0 Å². The van der Waals surface area contributed by atoms with Crippen molar-refractivity contribution >= 4 is 0 Å². The van der Waals surface area contributed by atoms with E-state index in [1.165, 1.54) is 18.4 Å². The second-order valence-corrected chi connectivity index (χ2v) is 4.02. The highest BCUT2D eigenvalue weighted by molar-refractivity contribution is 5.28. The summed E-state index contributed by atoms with van der Waals surface area (Å²) in [5.74, 6) is 0.971. The van der Waals surface area contributed by atoms with Gasteiger partial charge in [-0.2, -0.15) is 0 Å². The van der Waals surface area contributed by atoms with Gasteiger partial charge in [0.15, 0.2) is 0 Å². The summed E-state index contributed by atoms with van der Waals surface area (Å²) in [7, 11) is 0. The summed E-state index contributed by atoms with van der Waals surface area (Å²) in [5.41, 5.74) is 1.37. The average molecular weight is 206 g/mol. The minimum absolute atomic E-state index is 0.337. The number of benzene rings is 1. The van der Waals surface area contributed by atoms with Crippen LogP contribution in [0.1, 0.15) is 25.3 Å². The average Bonchev–Trinajstić information content (AvgIpc) is 3.08. The van der Waals surface area contributed by atoms with Crippen LogP contribution in [0.3, 0.4) is 0 Å². The van der Waals surface area contributed by atoms with Crippen molar-refractivity contribution in [1.82, 2.24) is 0 Å². The smallest absolute Gasteiger partial charge is 0.119 e. The molecular formula is C13H18O2. The summed E-state index contributed by atoms with van der Waals surface area (Å²) < 4.78 is 10.7. The lowest BCUT2D eigenvalue weighted by Crippen LogP contribution is -2.04. The third kappa shape index (κ3) is 3.56. The van der Waals surface area contributed by atoms with Crippen LogP contribution in [0.15, 0.2) is 24.3 Å². The van der Waals surface area contributed by atoms with E-state index in [9.17, 15) is 0 Å².